The lowest BCUT2D eigenvalue weighted by molar-refractivity contribution is -0.150. The third-order valence-corrected chi connectivity index (χ3v) is 3.43. The fourth-order valence-corrected chi connectivity index (χ4v) is 2.45. The van der Waals surface area contributed by atoms with Crippen LogP contribution in [0.3, 0.4) is 0 Å². The van der Waals surface area contributed by atoms with Crippen molar-refractivity contribution in [1.29, 1.82) is 0 Å². The van der Waals surface area contributed by atoms with Gasteiger partial charge in [0.05, 0.1) is 12.5 Å². The van der Waals surface area contributed by atoms with Crippen molar-refractivity contribution in [2.24, 2.45) is 5.92 Å². The molecule has 1 rings (SSSR count). The maximum atomic E-state index is 12.3. The molecular weight excluding hydrogens is 258 g/mol. The summed E-state index contributed by atoms with van der Waals surface area (Å²) in [6.45, 7) is 10.1. The number of carbonyl (C=O) groups excluding carboxylic acids is 2. The number of carbonyl (C=O) groups is 2. The molecule has 1 saturated heterocycles. The monoisotopic (exact) mass is 285 g/mol. The summed E-state index contributed by atoms with van der Waals surface area (Å²) < 4.78 is 10.5. The van der Waals surface area contributed by atoms with E-state index in [9.17, 15) is 9.59 Å². The van der Waals surface area contributed by atoms with E-state index in [4.69, 9.17) is 9.47 Å². The molecule has 1 fully saturated rings. The first-order valence-corrected chi connectivity index (χ1v) is 7.44. The van der Waals surface area contributed by atoms with E-state index in [1.807, 2.05) is 27.7 Å². The number of piperidine rings is 1. The van der Waals surface area contributed by atoms with E-state index in [1.54, 1.807) is 11.8 Å². The SMILES string of the molecule is CCOC(=O)[C@H]1CCC(CC)N(C(=O)OC(C)(C)C)C1. The Hall–Kier alpha value is -1.26. The summed E-state index contributed by atoms with van der Waals surface area (Å²) in [4.78, 5) is 25.8. The van der Waals surface area contributed by atoms with Gasteiger partial charge in [0, 0.05) is 12.6 Å². The van der Waals surface area contributed by atoms with Crippen LogP contribution in [0.4, 0.5) is 4.79 Å². The zero-order chi connectivity index (χ0) is 15.3. The quantitative estimate of drug-likeness (QED) is 0.748. The van der Waals surface area contributed by atoms with Crippen LogP contribution in [0.2, 0.25) is 0 Å². The second-order valence-electron chi connectivity index (χ2n) is 6.22. The minimum atomic E-state index is -0.522. The highest BCUT2D eigenvalue weighted by Gasteiger charge is 2.36. The zero-order valence-corrected chi connectivity index (χ0v) is 13.3. The number of hydrogen-bond donors (Lipinski definition) is 0. The summed E-state index contributed by atoms with van der Waals surface area (Å²) in [6, 6.07) is 0.149. The molecule has 1 aliphatic rings. The highest BCUT2D eigenvalue weighted by atomic mass is 16.6. The van der Waals surface area contributed by atoms with Gasteiger partial charge in [0.1, 0.15) is 5.60 Å². The fourth-order valence-electron chi connectivity index (χ4n) is 2.45. The van der Waals surface area contributed by atoms with Crippen molar-refractivity contribution in [1.82, 2.24) is 4.90 Å². The van der Waals surface area contributed by atoms with Crippen LogP contribution in [0.15, 0.2) is 0 Å². The Balaban J connectivity index is 2.73. The molecule has 5 nitrogen and oxygen atoms in total. The molecule has 0 aromatic carbocycles. The average Bonchev–Trinajstić information content (AvgIpc) is 2.36. The Bertz CT molecular complexity index is 348. The van der Waals surface area contributed by atoms with Crippen LogP contribution in [-0.2, 0) is 14.3 Å². The molecule has 2 atom stereocenters. The summed E-state index contributed by atoms with van der Waals surface area (Å²) in [5.41, 5.74) is -0.522. The molecule has 0 N–H and O–H groups in total. The topological polar surface area (TPSA) is 55.8 Å². The summed E-state index contributed by atoms with van der Waals surface area (Å²) in [7, 11) is 0. The molecule has 0 aromatic rings. The van der Waals surface area contributed by atoms with Crippen molar-refractivity contribution >= 4 is 12.1 Å². The van der Waals surface area contributed by atoms with Crippen molar-refractivity contribution < 1.29 is 19.1 Å². The first kappa shape index (κ1) is 16.8. The van der Waals surface area contributed by atoms with E-state index >= 15 is 0 Å². The van der Waals surface area contributed by atoms with Gasteiger partial charge in [0.2, 0.25) is 0 Å². The molecule has 0 aliphatic carbocycles. The Morgan fingerprint density at radius 2 is 1.85 bits per heavy atom. The van der Waals surface area contributed by atoms with Crippen LogP contribution in [0.1, 0.15) is 53.9 Å². The number of rotatable bonds is 3. The van der Waals surface area contributed by atoms with E-state index in [-0.39, 0.29) is 24.0 Å². The number of nitrogens with zero attached hydrogens (tertiary/aromatic N) is 1. The van der Waals surface area contributed by atoms with E-state index in [2.05, 4.69) is 0 Å². The highest BCUT2D eigenvalue weighted by Crippen LogP contribution is 2.26. The van der Waals surface area contributed by atoms with Gasteiger partial charge in [-0.3, -0.25) is 4.79 Å². The fraction of sp³-hybridized carbons (Fsp3) is 0.867. The van der Waals surface area contributed by atoms with Crippen molar-refractivity contribution in [3.05, 3.63) is 0 Å². The Morgan fingerprint density at radius 3 is 2.35 bits per heavy atom. The average molecular weight is 285 g/mol. The molecular formula is C15H27NO4. The number of amides is 1. The van der Waals surface area contributed by atoms with Crippen LogP contribution in [0.25, 0.3) is 0 Å². The van der Waals surface area contributed by atoms with Crippen LogP contribution < -0.4 is 0 Å². The minimum Gasteiger partial charge on any atom is -0.466 e. The normalized spacial score (nSPS) is 23.4. The standard InChI is InChI=1S/C15H27NO4/c1-6-12-9-8-11(13(17)19-7-2)10-16(12)14(18)20-15(3,4)5/h11-12H,6-10H2,1-5H3/t11-,12?/m0/s1. The van der Waals surface area contributed by atoms with E-state index in [0.29, 0.717) is 13.2 Å². The van der Waals surface area contributed by atoms with Crippen LogP contribution in [0.5, 0.6) is 0 Å². The lowest BCUT2D eigenvalue weighted by atomic mass is 9.92. The minimum absolute atomic E-state index is 0.149. The lowest BCUT2D eigenvalue weighted by Crippen LogP contribution is -2.50. The van der Waals surface area contributed by atoms with E-state index in [1.165, 1.54) is 0 Å². The lowest BCUT2D eigenvalue weighted by Gasteiger charge is -2.39. The maximum absolute atomic E-state index is 12.3. The highest BCUT2D eigenvalue weighted by molar-refractivity contribution is 5.75. The molecule has 0 radical (unpaired) electrons. The van der Waals surface area contributed by atoms with Gasteiger partial charge >= 0.3 is 12.1 Å². The smallest absolute Gasteiger partial charge is 0.410 e. The van der Waals surface area contributed by atoms with Crippen LogP contribution in [-0.4, -0.2) is 41.8 Å². The Kier molecular flexibility index (Phi) is 5.84. The third kappa shape index (κ3) is 4.69. The first-order valence-electron chi connectivity index (χ1n) is 7.44. The number of esters is 1. The van der Waals surface area contributed by atoms with Gasteiger partial charge < -0.3 is 14.4 Å². The predicted molar refractivity (Wildman–Crippen MR) is 76.4 cm³/mol. The first-order chi connectivity index (χ1) is 9.28. The van der Waals surface area contributed by atoms with Crippen molar-refractivity contribution in [2.45, 2.75) is 65.5 Å². The Labute approximate surface area is 121 Å². The summed E-state index contributed by atoms with van der Waals surface area (Å²) >= 11 is 0. The molecule has 20 heavy (non-hydrogen) atoms. The summed E-state index contributed by atoms with van der Waals surface area (Å²) in [6.07, 6.45) is 2.13. The molecule has 0 aromatic heterocycles. The molecule has 0 bridgehead atoms. The Morgan fingerprint density at radius 1 is 1.20 bits per heavy atom. The van der Waals surface area contributed by atoms with Gasteiger partial charge in [-0.05, 0) is 47.0 Å². The number of ether oxygens (including phenoxy) is 2. The number of likely N-dealkylation sites (tertiary alicyclic amines) is 1. The van der Waals surface area contributed by atoms with Gasteiger partial charge in [-0.15, -0.1) is 0 Å². The van der Waals surface area contributed by atoms with E-state index < -0.39 is 5.60 Å². The van der Waals surface area contributed by atoms with Gasteiger partial charge in [0.15, 0.2) is 0 Å². The molecule has 1 unspecified atom stereocenters. The molecule has 1 amide bonds. The molecule has 1 aliphatic heterocycles. The van der Waals surface area contributed by atoms with Gasteiger partial charge in [0.25, 0.3) is 0 Å². The van der Waals surface area contributed by atoms with Crippen LogP contribution >= 0.6 is 0 Å². The van der Waals surface area contributed by atoms with Crippen LogP contribution in [0, 0.1) is 5.92 Å². The molecule has 0 spiro atoms. The zero-order valence-electron chi connectivity index (χ0n) is 13.3. The predicted octanol–water partition coefficient (Wildman–Crippen LogP) is 2.98. The molecule has 116 valence electrons. The van der Waals surface area contributed by atoms with Crippen molar-refractivity contribution in [3.8, 4) is 0 Å². The van der Waals surface area contributed by atoms with Gasteiger partial charge in [-0.25, -0.2) is 4.79 Å². The van der Waals surface area contributed by atoms with Gasteiger partial charge in [-0.1, -0.05) is 6.92 Å². The van der Waals surface area contributed by atoms with Crippen molar-refractivity contribution in [3.63, 3.8) is 0 Å². The molecule has 1 heterocycles. The molecule has 0 saturated carbocycles. The second-order valence-corrected chi connectivity index (χ2v) is 6.22. The third-order valence-electron chi connectivity index (χ3n) is 3.43. The van der Waals surface area contributed by atoms with Crippen molar-refractivity contribution in [2.75, 3.05) is 13.2 Å². The largest absolute Gasteiger partial charge is 0.466 e. The second kappa shape index (κ2) is 6.95. The van der Waals surface area contributed by atoms with E-state index in [0.717, 1.165) is 19.3 Å². The van der Waals surface area contributed by atoms with Gasteiger partial charge in [-0.2, -0.15) is 0 Å². The maximum Gasteiger partial charge on any atom is 0.410 e. The summed E-state index contributed by atoms with van der Waals surface area (Å²) in [5.74, 6) is -0.444. The molecule has 5 heteroatoms. The summed E-state index contributed by atoms with van der Waals surface area (Å²) in [5, 5.41) is 0. The number of hydrogen-bond acceptors (Lipinski definition) is 4.